The van der Waals surface area contributed by atoms with Gasteiger partial charge in [0.25, 0.3) is 0 Å². The molecule has 4 nitrogen and oxygen atoms in total. The van der Waals surface area contributed by atoms with E-state index < -0.39 is 0 Å². The van der Waals surface area contributed by atoms with E-state index in [1.807, 2.05) is 24.3 Å². The van der Waals surface area contributed by atoms with Gasteiger partial charge in [-0.2, -0.15) is 0 Å². The van der Waals surface area contributed by atoms with E-state index in [1.54, 1.807) is 7.11 Å². The van der Waals surface area contributed by atoms with Gasteiger partial charge in [0.2, 0.25) is 0 Å². The van der Waals surface area contributed by atoms with Crippen LogP contribution in [0.25, 0.3) is 0 Å². The van der Waals surface area contributed by atoms with Gasteiger partial charge in [-0.1, -0.05) is 29.8 Å². The van der Waals surface area contributed by atoms with Crippen LogP contribution in [0.5, 0.6) is 0 Å². The Morgan fingerprint density at radius 3 is 2.38 bits per heavy atom. The highest BCUT2D eigenvalue weighted by atomic mass is 35.5. The number of rotatable bonds is 12. The summed E-state index contributed by atoms with van der Waals surface area (Å²) in [5.74, 6) is 0.166. The molecule has 1 N–H and O–H groups in total. The van der Waals surface area contributed by atoms with E-state index >= 15 is 0 Å². The Morgan fingerprint density at radius 1 is 1.05 bits per heavy atom. The van der Waals surface area contributed by atoms with Crippen molar-refractivity contribution in [2.75, 3.05) is 46.8 Å². The standard InChI is InChI=1S/C16H25ClO4/c1-19-8-9-21-11-10-20-7-6-14(13-18)12-15-4-2-3-5-16(15)17/h2-5,14,18H,6-13H2,1H3. The average molecular weight is 317 g/mol. The summed E-state index contributed by atoms with van der Waals surface area (Å²) in [7, 11) is 1.65. The quantitative estimate of drug-likeness (QED) is 0.602. The summed E-state index contributed by atoms with van der Waals surface area (Å²) in [5, 5.41) is 10.2. The van der Waals surface area contributed by atoms with Crippen molar-refractivity contribution in [1.82, 2.24) is 0 Å². The van der Waals surface area contributed by atoms with Crippen LogP contribution in [-0.2, 0) is 20.6 Å². The molecule has 0 amide bonds. The maximum absolute atomic E-state index is 9.44. The Labute approximate surface area is 132 Å². The Kier molecular flexibility index (Phi) is 10.5. The molecule has 0 heterocycles. The molecule has 1 unspecified atom stereocenters. The molecule has 0 radical (unpaired) electrons. The van der Waals surface area contributed by atoms with Crippen molar-refractivity contribution in [3.8, 4) is 0 Å². The van der Waals surface area contributed by atoms with Gasteiger partial charge in [-0.15, -0.1) is 0 Å². The number of benzene rings is 1. The fourth-order valence-electron chi connectivity index (χ4n) is 1.95. The van der Waals surface area contributed by atoms with Gasteiger partial charge in [0, 0.05) is 25.3 Å². The van der Waals surface area contributed by atoms with E-state index in [9.17, 15) is 5.11 Å². The molecule has 0 saturated carbocycles. The lowest BCUT2D eigenvalue weighted by atomic mass is 9.97. The highest BCUT2D eigenvalue weighted by molar-refractivity contribution is 6.31. The summed E-state index contributed by atoms with van der Waals surface area (Å²) in [4.78, 5) is 0. The highest BCUT2D eigenvalue weighted by Gasteiger charge is 2.10. The minimum atomic E-state index is 0.138. The Bertz CT molecular complexity index is 373. The zero-order valence-electron chi connectivity index (χ0n) is 12.6. The molecule has 0 spiro atoms. The van der Waals surface area contributed by atoms with E-state index in [4.69, 9.17) is 25.8 Å². The van der Waals surface area contributed by atoms with Gasteiger partial charge >= 0.3 is 0 Å². The van der Waals surface area contributed by atoms with Gasteiger partial charge in [0.1, 0.15) is 0 Å². The molecule has 0 aliphatic rings. The second kappa shape index (κ2) is 12.0. The zero-order valence-corrected chi connectivity index (χ0v) is 13.3. The van der Waals surface area contributed by atoms with Crippen LogP contribution in [0.2, 0.25) is 5.02 Å². The maximum atomic E-state index is 9.44. The first-order valence-electron chi connectivity index (χ1n) is 7.26. The van der Waals surface area contributed by atoms with E-state index in [1.165, 1.54) is 0 Å². The Morgan fingerprint density at radius 2 is 1.71 bits per heavy atom. The predicted octanol–water partition coefficient (Wildman–Crippen LogP) is 2.56. The molecule has 0 aliphatic heterocycles. The van der Waals surface area contributed by atoms with Gasteiger partial charge in [0.05, 0.1) is 26.4 Å². The number of methoxy groups -OCH3 is 1. The molecule has 0 saturated heterocycles. The molecule has 0 bridgehead atoms. The van der Waals surface area contributed by atoms with Crippen molar-refractivity contribution in [2.24, 2.45) is 5.92 Å². The fraction of sp³-hybridized carbons (Fsp3) is 0.625. The van der Waals surface area contributed by atoms with Crippen molar-refractivity contribution >= 4 is 11.6 Å². The molecule has 1 aromatic rings. The molecule has 21 heavy (non-hydrogen) atoms. The molecule has 120 valence electrons. The first-order chi connectivity index (χ1) is 10.3. The number of aliphatic hydroxyl groups excluding tert-OH is 1. The minimum absolute atomic E-state index is 0.138. The predicted molar refractivity (Wildman–Crippen MR) is 83.9 cm³/mol. The topological polar surface area (TPSA) is 47.9 Å². The summed E-state index contributed by atoms with van der Waals surface area (Å²) in [6, 6.07) is 7.74. The first kappa shape index (κ1) is 18.4. The fourth-order valence-corrected chi connectivity index (χ4v) is 2.16. The van der Waals surface area contributed by atoms with Crippen LogP contribution in [0.1, 0.15) is 12.0 Å². The normalized spacial score (nSPS) is 12.5. The first-order valence-corrected chi connectivity index (χ1v) is 7.64. The summed E-state index contributed by atoms with van der Waals surface area (Å²) >= 11 is 6.13. The van der Waals surface area contributed by atoms with Crippen molar-refractivity contribution < 1.29 is 19.3 Å². The molecule has 1 aromatic carbocycles. The van der Waals surface area contributed by atoms with Crippen LogP contribution < -0.4 is 0 Å². The van der Waals surface area contributed by atoms with Gasteiger partial charge in [-0.3, -0.25) is 0 Å². The van der Waals surface area contributed by atoms with E-state index in [0.717, 1.165) is 23.4 Å². The third kappa shape index (κ3) is 8.39. The lowest BCUT2D eigenvalue weighted by Crippen LogP contribution is -2.15. The van der Waals surface area contributed by atoms with Crippen molar-refractivity contribution in [2.45, 2.75) is 12.8 Å². The molecule has 1 atom stereocenters. The maximum Gasteiger partial charge on any atom is 0.0701 e. The Balaban J connectivity index is 2.13. The third-order valence-electron chi connectivity index (χ3n) is 3.20. The minimum Gasteiger partial charge on any atom is -0.396 e. The molecule has 0 aromatic heterocycles. The lowest BCUT2D eigenvalue weighted by molar-refractivity contribution is 0.0201. The molecule has 5 heteroatoms. The van der Waals surface area contributed by atoms with E-state index in [-0.39, 0.29) is 12.5 Å². The highest BCUT2D eigenvalue weighted by Crippen LogP contribution is 2.20. The number of hydrogen-bond acceptors (Lipinski definition) is 4. The number of ether oxygens (including phenoxy) is 3. The summed E-state index contributed by atoms with van der Waals surface area (Å²) in [5.41, 5.74) is 1.07. The second-order valence-corrected chi connectivity index (χ2v) is 5.26. The Hall–Kier alpha value is -0.650. The van der Waals surface area contributed by atoms with Crippen LogP contribution >= 0.6 is 11.6 Å². The molecule has 1 rings (SSSR count). The van der Waals surface area contributed by atoms with Crippen molar-refractivity contribution in [1.29, 1.82) is 0 Å². The molecular formula is C16H25ClO4. The second-order valence-electron chi connectivity index (χ2n) is 4.85. The summed E-state index contributed by atoms with van der Waals surface area (Å²) in [6.45, 7) is 3.07. The lowest BCUT2D eigenvalue weighted by Gasteiger charge is -2.15. The zero-order chi connectivity index (χ0) is 15.3. The van der Waals surface area contributed by atoms with Gasteiger partial charge in [-0.25, -0.2) is 0 Å². The SMILES string of the molecule is COCCOCCOCCC(CO)Cc1ccccc1Cl. The van der Waals surface area contributed by atoms with E-state index in [2.05, 4.69) is 0 Å². The summed E-state index contributed by atoms with van der Waals surface area (Å²) in [6.07, 6.45) is 1.57. The third-order valence-corrected chi connectivity index (χ3v) is 3.57. The largest absolute Gasteiger partial charge is 0.396 e. The van der Waals surface area contributed by atoms with Crippen LogP contribution in [0.15, 0.2) is 24.3 Å². The van der Waals surface area contributed by atoms with Crippen LogP contribution in [0, 0.1) is 5.92 Å². The average Bonchev–Trinajstić information content (AvgIpc) is 2.50. The van der Waals surface area contributed by atoms with Crippen LogP contribution in [0.3, 0.4) is 0 Å². The number of halogens is 1. The number of hydrogen-bond donors (Lipinski definition) is 1. The summed E-state index contributed by atoms with van der Waals surface area (Å²) < 4.78 is 15.7. The monoisotopic (exact) mass is 316 g/mol. The van der Waals surface area contributed by atoms with Crippen molar-refractivity contribution in [3.63, 3.8) is 0 Å². The number of aliphatic hydroxyl groups is 1. The molecular weight excluding hydrogens is 292 g/mol. The molecule has 0 fully saturated rings. The molecule has 0 aliphatic carbocycles. The van der Waals surface area contributed by atoms with Gasteiger partial charge in [0.15, 0.2) is 0 Å². The van der Waals surface area contributed by atoms with Gasteiger partial charge in [-0.05, 0) is 30.4 Å². The van der Waals surface area contributed by atoms with Crippen LogP contribution in [-0.4, -0.2) is 51.9 Å². The van der Waals surface area contributed by atoms with Crippen LogP contribution in [0.4, 0.5) is 0 Å². The smallest absolute Gasteiger partial charge is 0.0701 e. The van der Waals surface area contributed by atoms with E-state index in [0.29, 0.717) is 33.0 Å². The van der Waals surface area contributed by atoms with Gasteiger partial charge < -0.3 is 19.3 Å². The van der Waals surface area contributed by atoms with Crippen molar-refractivity contribution in [3.05, 3.63) is 34.9 Å².